The van der Waals surface area contributed by atoms with Crippen LogP contribution in [-0.2, 0) is 4.74 Å². The highest BCUT2D eigenvalue weighted by atomic mass is 16.5. The third-order valence-electron chi connectivity index (χ3n) is 3.53. The van der Waals surface area contributed by atoms with Crippen molar-refractivity contribution in [3.05, 3.63) is 0 Å². The molecule has 2 rings (SSSR count). The van der Waals surface area contributed by atoms with Crippen LogP contribution in [0.4, 0.5) is 4.79 Å². The molecule has 2 amide bonds. The molecule has 2 aliphatic rings. The Bertz CT molecular complexity index is 233. The molecule has 15 heavy (non-hydrogen) atoms. The highest BCUT2D eigenvalue weighted by Crippen LogP contribution is 2.39. The first-order chi connectivity index (χ1) is 7.20. The maximum absolute atomic E-state index is 11.7. The number of amides is 2. The molecule has 1 saturated carbocycles. The first-order valence-electron chi connectivity index (χ1n) is 5.80. The standard InChI is InChI=1S/C11H20N2O2/c1-11(3-2-4-11)9-12-10(14)13-5-7-15-8-6-13/h2-9H2,1H3,(H,12,14). The van der Waals surface area contributed by atoms with Crippen LogP contribution in [0.2, 0.25) is 0 Å². The Morgan fingerprint density at radius 2 is 2.07 bits per heavy atom. The summed E-state index contributed by atoms with van der Waals surface area (Å²) < 4.78 is 5.21. The van der Waals surface area contributed by atoms with E-state index in [0.29, 0.717) is 18.6 Å². The molecule has 1 aliphatic carbocycles. The van der Waals surface area contributed by atoms with Crippen molar-refractivity contribution < 1.29 is 9.53 Å². The van der Waals surface area contributed by atoms with Crippen LogP contribution in [0.5, 0.6) is 0 Å². The predicted molar refractivity (Wildman–Crippen MR) is 57.7 cm³/mol. The van der Waals surface area contributed by atoms with Gasteiger partial charge in [-0.2, -0.15) is 0 Å². The molecule has 2 fully saturated rings. The molecule has 4 nitrogen and oxygen atoms in total. The molecule has 1 saturated heterocycles. The third kappa shape index (κ3) is 2.62. The van der Waals surface area contributed by atoms with Crippen LogP contribution < -0.4 is 5.32 Å². The smallest absolute Gasteiger partial charge is 0.317 e. The van der Waals surface area contributed by atoms with Crippen molar-refractivity contribution in [1.82, 2.24) is 10.2 Å². The van der Waals surface area contributed by atoms with Crippen molar-refractivity contribution in [3.8, 4) is 0 Å². The molecule has 0 aromatic rings. The zero-order chi connectivity index (χ0) is 10.7. The van der Waals surface area contributed by atoms with Crippen molar-refractivity contribution in [3.63, 3.8) is 0 Å². The molecule has 4 heteroatoms. The van der Waals surface area contributed by atoms with Crippen LogP contribution in [-0.4, -0.2) is 43.8 Å². The Hall–Kier alpha value is -0.770. The molecule has 1 N–H and O–H groups in total. The topological polar surface area (TPSA) is 41.6 Å². The van der Waals surface area contributed by atoms with Gasteiger partial charge in [0.25, 0.3) is 0 Å². The Balaban J connectivity index is 1.71. The molecule has 0 aromatic heterocycles. The number of nitrogens with zero attached hydrogens (tertiary/aromatic N) is 1. The fourth-order valence-electron chi connectivity index (χ4n) is 2.12. The van der Waals surface area contributed by atoms with Crippen LogP contribution in [0, 0.1) is 5.41 Å². The number of hydrogen-bond acceptors (Lipinski definition) is 2. The second-order valence-corrected chi connectivity index (χ2v) is 4.92. The van der Waals surface area contributed by atoms with Gasteiger partial charge in [-0.25, -0.2) is 4.79 Å². The van der Waals surface area contributed by atoms with Gasteiger partial charge in [-0.3, -0.25) is 0 Å². The number of ether oxygens (including phenoxy) is 1. The lowest BCUT2D eigenvalue weighted by Crippen LogP contribution is -2.49. The van der Waals surface area contributed by atoms with E-state index < -0.39 is 0 Å². The van der Waals surface area contributed by atoms with Gasteiger partial charge in [0.15, 0.2) is 0 Å². The molecule has 0 atom stereocenters. The van der Waals surface area contributed by atoms with Gasteiger partial charge in [0.2, 0.25) is 0 Å². The van der Waals surface area contributed by atoms with Crippen molar-refractivity contribution in [1.29, 1.82) is 0 Å². The normalized spacial score (nSPS) is 24.5. The number of carbonyl (C=O) groups excluding carboxylic acids is 1. The quantitative estimate of drug-likeness (QED) is 0.747. The minimum atomic E-state index is 0.0754. The lowest BCUT2D eigenvalue weighted by atomic mass is 9.70. The van der Waals surface area contributed by atoms with Gasteiger partial charge in [0.1, 0.15) is 0 Å². The van der Waals surface area contributed by atoms with Crippen LogP contribution >= 0.6 is 0 Å². The molecule has 0 unspecified atom stereocenters. The summed E-state index contributed by atoms with van der Waals surface area (Å²) in [5.41, 5.74) is 0.363. The zero-order valence-electron chi connectivity index (χ0n) is 9.42. The summed E-state index contributed by atoms with van der Waals surface area (Å²) in [5, 5.41) is 3.03. The first-order valence-corrected chi connectivity index (χ1v) is 5.80. The molecule has 1 heterocycles. The molecule has 0 aromatic carbocycles. The molecule has 0 spiro atoms. The number of carbonyl (C=O) groups is 1. The largest absolute Gasteiger partial charge is 0.378 e. The van der Waals surface area contributed by atoms with Gasteiger partial charge >= 0.3 is 6.03 Å². The Labute approximate surface area is 91.0 Å². The second-order valence-electron chi connectivity index (χ2n) is 4.92. The molecule has 0 bridgehead atoms. The van der Waals surface area contributed by atoms with Crippen LogP contribution in [0.1, 0.15) is 26.2 Å². The van der Waals surface area contributed by atoms with Crippen molar-refractivity contribution in [2.45, 2.75) is 26.2 Å². The van der Waals surface area contributed by atoms with Gasteiger partial charge in [0.05, 0.1) is 13.2 Å². The van der Waals surface area contributed by atoms with E-state index >= 15 is 0 Å². The summed E-state index contributed by atoms with van der Waals surface area (Å²) in [4.78, 5) is 13.6. The van der Waals surface area contributed by atoms with Crippen LogP contribution in [0.25, 0.3) is 0 Å². The zero-order valence-corrected chi connectivity index (χ0v) is 9.42. The lowest BCUT2D eigenvalue weighted by Gasteiger charge is -2.39. The average molecular weight is 212 g/mol. The Morgan fingerprint density at radius 3 is 2.60 bits per heavy atom. The number of morpholine rings is 1. The summed E-state index contributed by atoms with van der Waals surface area (Å²) in [7, 11) is 0. The minimum Gasteiger partial charge on any atom is -0.378 e. The van der Waals surface area contributed by atoms with Crippen molar-refractivity contribution >= 4 is 6.03 Å². The number of rotatable bonds is 2. The first kappa shape index (κ1) is 10.7. The summed E-state index contributed by atoms with van der Waals surface area (Å²) in [6.07, 6.45) is 3.80. The van der Waals surface area contributed by atoms with Gasteiger partial charge in [-0.05, 0) is 18.3 Å². The van der Waals surface area contributed by atoms with Gasteiger partial charge in [-0.15, -0.1) is 0 Å². The molecule has 86 valence electrons. The highest BCUT2D eigenvalue weighted by molar-refractivity contribution is 5.74. The molecular weight excluding hydrogens is 192 g/mol. The SMILES string of the molecule is CC1(CNC(=O)N2CCOCC2)CCC1. The van der Waals surface area contributed by atoms with Gasteiger partial charge in [-0.1, -0.05) is 13.3 Å². The minimum absolute atomic E-state index is 0.0754. The summed E-state index contributed by atoms with van der Waals surface area (Å²) >= 11 is 0. The second kappa shape index (κ2) is 4.39. The van der Waals surface area contributed by atoms with E-state index in [-0.39, 0.29) is 6.03 Å². The number of nitrogens with one attached hydrogen (secondary N) is 1. The van der Waals surface area contributed by atoms with Crippen LogP contribution in [0.15, 0.2) is 0 Å². The van der Waals surface area contributed by atoms with Gasteiger partial charge in [0, 0.05) is 19.6 Å². The van der Waals surface area contributed by atoms with E-state index in [1.54, 1.807) is 0 Å². The monoisotopic (exact) mass is 212 g/mol. The fourth-order valence-corrected chi connectivity index (χ4v) is 2.12. The summed E-state index contributed by atoms with van der Waals surface area (Å²) in [6, 6.07) is 0.0754. The number of urea groups is 1. The van der Waals surface area contributed by atoms with Crippen molar-refractivity contribution in [2.75, 3.05) is 32.8 Å². The highest BCUT2D eigenvalue weighted by Gasteiger charge is 2.32. The lowest BCUT2D eigenvalue weighted by molar-refractivity contribution is 0.0513. The third-order valence-corrected chi connectivity index (χ3v) is 3.53. The predicted octanol–water partition coefficient (Wildman–Crippen LogP) is 1.22. The van der Waals surface area contributed by atoms with Crippen molar-refractivity contribution in [2.24, 2.45) is 5.41 Å². The van der Waals surface area contributed by atoms with E-state index in [1.165, 1.54) is 19.3 Å². The molecule has 0 radical (unpaired) electrons. The van der Waals surface area contributed by atoms with E-state index in [0.717, 1.165) is 19.6 Å². The maximum atomic E-state index is 11.7. The summed E-state index contributed by atoms with van der Waals surface area (Å²) in [6.45, 7) is 5.86. The molecule has 1 aliphatic heterocycles. The fraction of sp³-hybridized carbons (Fsp3) is 0.909. The molecular formula is C11H20N2O2. The van der Waals surface area contributed by atoms with Crippen LogP contribution in [0.3, 0.4) is 0 Å². The summed E-state index contributed by atoms with van der Waals surface area (Å²) in [5.74, 6) is 0. The van der Waals surface area contributed by atoms with E-state index in [4.69, 9.17) is 4.74 Å². The average Bonchev–Trinajstić information content (AvgIpc) is 2.24. The van der Waals surface area contributed by atoms with E-state index in [2.05, 4.69) is 12.2 Å². The Kier molecular flexibility index (Phi) is 3.14. The van der Waals surface area contributed by atoms with E-state index in [9.17, 15) is 4.79 Å². The van der Waals surface area contributed by atoms with Gasteiger partial charge < -0.3 is 15.0 Å². The maximum Gasteiger partial charge on any atom is 0.317 e. The number of hydrogen-bond donors (Lipinski definition) is 1. The van der Waals surface area contributed by atoms with E-state index in [1.807, 2.05) is 4.90 Å². The Morgan fingerprint density at radius 1 is 1.40 bits per heavy atom.